The predicted molar refractivity (Wildman–Crippen MR) is 87.6 cm³/mol. The molecule has 1 N–H and O–H groups in total. The molecule has 3 aromatic rings. The summed E-state index contributed by atoms with van der Waals surface area (Å²) in [6.45, 7) is 5.08. The third-order valence-electron chi connectivity index (χ3n) is 3.29. The Morgan fingerprint density at radius 2 is 1.78 bits per heavy atom. The summed E-state index contributed by atoms with van der Waals surface area (Å²) in [7, 11) is 0. The maximum absolute atomic E-state index is 5.79. The molecular formula is C17H19N5O. The van der Waals surface area contributed by atoms with Gasteiger partial charge in [-0.05, 0) is 40.3 Å². The van der Waals surface area contributed by atoms with Gasteiger partial charge < -0.3 is 10.1 Å². The van der Waals surface area contributed by atoms with E-state index in [9.17, 15) is 0 Å². The molecule has 2 aromatic carbocycles. The molecule has 0 unspecified atom stereocenters. The van der Waals surface area contributed by atoms with Gasteiger partial charge in [-0.3, -0.25) is 0 Å². The minimum Gasteiger partial charge on any atom is -0.423 e. The van der Waals surface area contributed by atoms with Crippen molar-refractivity contribution >= 4 is 0 Å². The van der Waals surface area contributed by atoms with Crippen LogP contribution in [-0.4, -0.2) is 26.2 Å². The summed E-state index contributed by atoms with van der Waals surface area (Å²) < 4.78 is 7.35. The first kappa shape index (κ1) is 15.2. The number of nitrogens with zero attached hydrogens (tertiary/aromatic N) is 4. The molecule has 0 atom stereocenters. The van der Waals surface area contributed by atoms with Gasteiger partial charge in [0.1, 0.15) is 5.75 Å². The second kappa shape index (κ2) is 7.02. The van der Waals surface area contributed by atoms with Crippen LogP contribution in [0.2, 0.25) is 0 Å². The van der Waals surface area contributed by atoms with Crippen molar-refractivity contribution in [2.24, 2.45) is 0 Å². The number of hydrogen-bond acceptors (Lipinski definition) is 5. The average Bonchev–Trinajstić information content (AvgIpc) is 3.03. The number of nitrogens with one attached hydrogen (secondary N) is 1. The summed E-state index contributed by atoms with van der Waals surface area (Å²) in [5.41, 5.74) is 2.05. The molecule has 118 valence electrons. The molecule has 0 amide bonds. The number of tetrazole rings is 1. The molecule has 6 nitrogen and oxygen atoms in total. The maximum Gasteiger partial charge on any atom is 0.345 e. The second-order valence-electron chi connectivity index (χ2n) is 5.49. The standard InChI is InChI=1S/C17H19N5O/c1-13(2)18-12-14-8-10-16(11-9-14)23-17-19-20-21-22(17)15-6-4-3-5-7-15/h3-11,13,18H,12H2,1-2H3. The molecule has 1 heterocycles. The third kappa shape index (κ3) is 3.92. The Bertz CT molecular complexity index is 737. The van der Waals surface area contributed by atoms with Crippen molar-refractivity contribution in [3.8, 4) is 17.4 Å². The highest BCUT2D eigenvalue weighted by molar-refractivity contribution is 5.34. The molecule has 0 fully saturated rings. The van der Waals surface area contributed by atoms with Crippen molar-refractivity contribution in [3.63, 3.8) is 0 Å². The monoisotopic (exact) mass is 309 g/mol. The number of hydrogen-bond donors (Lipinski definition) is 1. The third-order valence-corrected chi connectivity index (χ3v) is 3.29. The van der Waals surface area contributed by atoms with Crippen LogP contribution in [0, 0.1) is 0 Å². The van der Waals surface area contributed by atoms with Crippen LogP contribution in [0.3, 0.4) is 0 Å². The van der Waals surface area contributed by atoms with E-state index in [4.69, 9.17) is 4.74 Å². The zero-order valence-corrected chi connectivity index (χ0v) is 13.2. The van der Waals surface area contributed by atoms with Gasteiger partial charge in [0.05, 0.1) is 5.69 Å². The van der Waals surface area contributed by atoms with Crippen molar-refractivity contribution in [2.45, 2.75) is 26.4 Å². The summed E-state index contributed by atoms with van der Waals surface area (Å²) in [6, 6.07) is 18.3. The van der Waals surface area contributed by atoms with Gasteiger partial charge >= 0.3 is 6.01 Å². The van der Waals surface area contributed by atoms with E-state index in [0.717, 1.165) is 12.2 Å². The highest BCUT2D eigenvalue weighted by Gasteiger charge is 2.10. The first-order valence-corrected chi connectivity index (χ1v) is 7.56. The van der Waals surface area contributed by atoms with Crippen LogP contribution < -0.4 is 10.1 Å². The van der Waals surface area contributed by atoms with E-state index in [2.05, 4.69) is 34.7 Å². The summed E-state index contributed by atoms with van der Waals surface area (Å²) in [5, 5.41) is 15.0. The maximum atomic E-state index is 5.79. The Hall–Kier alpha value is -2.73. The number of ether oxygens (including phenoxy) is 1. The predicted octanol–water partition coefficient (Wildman–Crippen LogP) is 2.95. The molecule has 1 aromatic heterocycles. The van der Waals surface area contributed by atoms with Crippen LogP contribution in [-0.2, 0) is 6.54 Å². The zero-order chi connectivity index (χ0) is 16.1. The minimum absolute atomic E-state index is 0.337. The fourth-order valence-electron chi connectivity index (χ4n) is 2.08. The molecule has 0 aliphatic rings. The van der Waals surface area contributed by atoms with Gasteiger partial charge in [-0.2, -0.15) is 4.68 Å². The molecule has 0 aliphatic carbocycles. The number of rotatable bonds is 6. The van der Waals surface area contributed by atoms with Gasteiger partial charge in [0.15, 0.2) is 0 Å². The Balaban J connectivity index is 1.72. The van der Waals surface area contributed by atoms with Gasteiger partial charge in [-0.15, -0.1) is 0 Å². The molecule has 0 saturated heterocycles. The lowest BCUT2D eigenvalue weighted by Gasteiger charge is -2.09. The number of benzene rings is 2. The summed E-state index contributed by atoms with van der Waals surface area (Å²) in [6.07, 6.45) is 0. The smallest absolute Gasteiger partial charge is 0.345 e. The lowest BCUT2D eigenvalue weighted by Crippen LogP contribution is -2.21. The molecule has 3 rings (SSSR count). The molecule has 0 radical (unpaired) electrons. The Kier molecular flexibility index (Phi) is 4.63. The quantitative estimate of drug-likeness (QED) is 0.758. The van der Waals surface area contributed by atoms with Gasteiger partial charge in [0, 0.05) is 12.6 Å². The van der Waals surface area contributed by atoms with Gasteiger partial charge in [0.25, 0.3) is 0 Å². The minimum atomic E-state index is 0.337. The fraction of sp³-hybridized carbons (Fsp3) is 0.235. The Morgan fingerprint density at radius 1 is 1.04 bits per heavy atom. The molecular weight excluding hydrogens is 290 g/mol. The summed E-state index contributed by atoms with van der Waals surface area (Å²) in [4.78, 5) is 0. The lowest BCUT2D eigenvalue weighted by atomic mass is 10.2. The number of aromatic nitrogens is 4. The first-order valence-electron chi connectivity index (χ1n) is 7.56. The van der Waals surface area contributed by atoms with E-state index in [1.54, 1.807) is 4.68 Å². The van der Waals surface area contributed by atoms with E-state index < -0.39 is 0 Å². The van der Waals surface area contributed by atoms with Crippen molar-refractivity contribution in [2.75, 3.05) is 0 Å². The molecule has 23 heavy (non-hydrogen) atoms. The van der Waals surface area contributed by atoms with E-state index in [1.807, 2.05) is 54.6 Å². The average molecular weight is 309 g/mol. The molecule has 0 spiro atoms. The largest absolute Gasteiger partial charge is 0.423 e. The van der Waals surface area contributed by atoms with Crippen LogP contribution in [0.5, 0.6) is 11.8 Å². The Morgan fingerprint density at radius 3 is 2.48 bits per heavy atom. The molecule has 0 aliphatic heterocycles. The molecule has 0 bridgehead atoms. The Labute approximate surface area is 135 Å². The first-order chi connectivity index (χ1) is 11.2. The van der Waals surface area contributed by atoms with Crippen molar-refractivity contribution in [3.05, 3.63) is 60.2 Å². The van der Waals surface area contributed by atoms with Crippen molar-refractivity contribution < 1.29 is 4.74 Å². The summed E-state index contributed by atoms with van der Waals surface area (Å²) >= 11 is 0. The van der Waals surface area contributed by atoms with Crippen LogP contribution in [0.15, 0.2) is 54.6 Å². The zero-order valence-electron chi connectivity index (χ0n) is 13.2. The number of para-hydroxylation sites is 1. The highest BCUT2D eigenvalue weighted by Crippen LogP contribution is 2.21. The van der Waals surface area contributed by atoms with Crippen molar-refractivity contribution in [1.82, 2.24) is 25.5 Å². The SMILES string of the molecule is CC(C)NCc1ccc(Oc2nnnn2-c2ccccc2)cc1. The van der Waals surface area contributed by atoms with Crippen molar-refractivity contribution in [1.29, 1.82) is 0 Å². The van der Waals surface area contributed by atoms with Gasteiger partial charge in [0.2, 0.25) is 0 Å². The van der Waals surface area contributed by atoms with E-state index in [0.29, 0.717) is 17.8 Å². The van der Waals surface area contributed by atoms with Gasteiger partial charge in [-0.25, -0.2) is 0 Å². The highest BCUT2D eigenvalue weighted by atomic mass is 16.5. The fourth-order valence-corrected chi connectivity index (χ4v) is 2.08. The van der Waals surface area contributed by atoms with E-state index >= 15 is 0 Å². The molecule has 6 heteroatoms. The normalized spacial score (nSPS) is 10.9. The summed E-state index contributed by atoms with van der Waals surface area (Å²) in [5.74, 6) is 0.699. The van der Waals surface area contributed by atoms with E-state index in [1.165, 1.54) is 5.56 Å². The molecule has 0 saturated carbocycles. The van der Waals surface area contributed by atoms with Crippen LogP contribution >= 0.6 is 0 Å². The van der Waals surface area contributed by atoms with E-state index in [-0.39, 0.29) is 0 Å². The topological polar surface area (TPSA) is 64.9 Å². The van der Waals surface area contributed by atoms with Crippen LogP contribution in [0.25, 0.3) is 5.69 Å². The lowest BCUT2D eigenvalue weighted by molar-refractivity contribution is 0.427. The van der Waals surface area contributed by atoms with Crippen LogP contribution in [0.1, 0.15) is 19.4 Å². The second-order valence-corrected chi connectivity index (χ2v) is 5.49. The van der Waals surface area contributed by atoms with Crippen LogP contribution in [0.4, 0.5) is 0 Å². The van der Waals surface area contributed by atoms with Gasteiger partial charge in [-0.1, -0.05) is 49.3 Å².